The second-order valence-corrected chi connectivity index (χ2v) is 3.54. The topological polar surface area (TPSA) is 17.1 Å². The van der Waals surface area contributed by atoms with Gasteiger partial charge in [0.05, 0.1) is 0 Å². The van der Waals surface area contributed by atoms with E-state index in [2.05, 4.69) is 6.07 Å². The Kier molecular flexibility index (Phi) is 1.70. The summed E-state index contributed by atoms with van der Waals surface area (Å²) in [6.45, 7) is 0. The second-order valence-electron chi connectivity index (χ2n) is 2.43. The summed E-state index contributed by atoms with van der Waals surface area (Å²) < 4.78 is 0. The Hall–Kier alpha value is -0.760. The predicted octanol–water partition coefficient (Wildman–Crippen LogP) is 2.17. The normalized spacial score (nSPS) is 16.2. The molecule has 55 valence electrons. The van der Waals surface area contributed by atoms with Gasteiger partial charge in [0, 0.05) is 22.6 Å². The average Bonchev–Trinajstić information content (AvgIpc) is 2.06. The van der Waals surface area contributed by atoms with Crippen LogP contribution in [0.1, 0.15) is 16.8 Å². The first kappa shape index (κ1) is 6.92. The van der Waals surface area contributed by atoms with Gasteiger partial charge in [-0.3, -0.25) is 4.79 Å². The molecule has 0 amide bonds. The van der Waals surface area contributed by atoms with Crippen molar-refractivity contribution in [2.24, 2.45) is 0 Å². The third-order valence-corrected chi connectivity index (χ3v) is 2.73. The highest BCUT2D eigenvalue weighted by Gasteiger charge is 2.15. The lowest BCUT2D eigenvalue weighted by Gasteiger charge is -2.11. The zero-order chi connectivity index (χ0) is 7.68. The summed E-state index contributed by atoms with van der Waals surface area (Å²) in [6.07, 6.45) is 0.676. The van der Waals surface area contributed by atoms with Crippen LogP contribution in [0.5, 0.6) is 0 Å². The second kappa shape index (κ2) is 2.70. The first-order valence-electron chi connectivity index (χ1n) is 3.54. The van der Waals surface area contributed by atoms with Crippen molar-refractivity contribution in [2.45, 2.75) is 11.3 Å². The third-order valence-electron chi connectivity index (χ3n) is 1.69. The zero-order valence-electron chi connectivity index (χ0n) is 5.96. The molecule has 2 heteroatoms. The summed E-state index contributed by atoms with van der Waals surface area (Å²) in [4.78, 5) is 12.3. The van der Waals surface area contributed by atoms with E-state index < -0.39 is 0 Å². The summed E-state index contributed by atoms with van der Waals surface area (Å²) in [5, 5.41) is 0. The molecule has 0 saturated heterocycles. The number of benzene rings is 1. The fourth-order valence-electron chi connectivity index (χ4n) is 1.14. The van der Waals surface area contributed by atoms with Gasteiger partial charge in [-0.1, -0.05) is 18.2 Å². The summed E-state index contributed by atoms with van der Waals surface area (Å²) in [5.41, 5.74) is 0.851. The van der Waals surface area contributed by atoms with Gasteiger partial charge in [-0.25, -0.2) is 0 Å². The Labute approximate surface area is 69.8 Å². The molecule has 1 nitrogen and oxygen atoms in total. The lowest BCUT2D eigenvalue weighted by molar-refractivity contribution is 0.0985. The van der Waals surface area contributed by atoms with E-state index in [9.17, 15) is 4.79 Å². The molecule has 1 heterocycles. The number of carbonyl (C=O) groups is 1. The molecule has 1 radical (unpaired) electrons. The molecular formula is C9H7OS. The highest BCUT2D eigenvalue weighted by molar-refractivity contribution is 7.99. The van der Waals surface area contributed by atoms with Crippen molar-refractivity contribution in [2.75, 3.05) is 5.75 Å². The van der Waals surface area contributed by atoms with Gasteiger partial charge in [-0.05, 0) is 6.07 Å². The molecule has 0 aliphatic carbocycles. The number of rotatable bonds is 0. The molecule has 0 atom stereocenters. The fraction of sp³-hybridized carbons (Fsp3) is 0.222. The molecule has 0 fully saturated rings. The largest absolute Gasteiger partial charge is 0.294 e. The number of carbonyl (C=O) groups excluding carboxylic acids is 1. The van der Waals surface area contributed by atoms with Gasteiger partial charge in [0.15, 0.2) is 5.78 Å². The summed E-state index contributed by atoms with van der Waals surface area (Å²) in [6, 6.07) is 8.65. The van der Waals surface area contributed by atoms with Crippen LogP contribution in [0.4, 0.5) is 0 Å². The van der Waals surface area contributed by atoms with Crippen molar-refractivity contribution in [1.29, 1.82) is 0 Å². The minimum absolute atomic E-state index is 0.260. The maximum atomic E-state index is 11.3. The van der Waals surface area contributed by atoms with Crippen LogP contribution in [-0.4, -0.2) is 11.5 Å². The van der Waals surface area contributed by atoms with Crippen molar-refractivity contribution in [3.05, 3.63) is 29.8 Å². The Morgan fingerprint density at radius 1 is 1.55 bits per heavy atom. The Morgan fingerprint density at radius 3 is 3.27 bits per heavy atom. The van der Waals surface area contributed by atoms with Crippen LogP contribution in [0.15, 0.2) is 23.1 Å². The third kappa shape index (κ3) is 1.18. The maximum absolute atomic E-state index is 11.3. The van der Waals surface area contributed by atoms with Crippen LogP contribution < -0.4 is 0 Å². The van der Waals surface area contributed by atoms with Gasteiger partial charge in [0.2, 0.25) is 0 Å². The molecule has 1 aromatic carbocycles. The van der Waals surface area contributed by atoms with Crippen LogP contribution in [-0.2, 0) is 0 Å². The quantitative estimate of drug-likeness (QED) is 0.583. The number of ketones is 1. The van der Waals surface area contributed by atoms with Crippen molar-refractivity contribution in [1.82, 2.24) is 0 Å². The van der Waals surface area contributed by atoms with E-state index >= 15 is 0 Å². The van der Waals surface area contributed by atoms with Crippen LogP contribution in [0.3, 0.4) is 0 Å². The van der Waals surface area contributed by atoms with E-state index in [-0.39, 0.29) is 5.78 Å². The summed E-state index contributed by atoms with van der Waals surface area (Å²) in [5.74, 6) is 1.17. The number of thioether (sulfide) groups is 1. The van der Waals surface area contributed by atoms with Crippen molar-refractivity contribution in [3.63, 3.8) is 0 Å². The van der Waals surface area contributed by atoms with E-state index in [1.54, 1.807) is 11.8 Å². The van der Waals surface area contributed by atoms with E-state index in [1.165, 1.54) is 0 Å². The lowest BCUT2D eigenvalue weighted by atomic mass is 10.1. The van der Waals surface area contributed by atoms with Crippen LogP contribution in [0, 0.1) is 6.07 Å². The standard InChI is InChI=1S/C9H7OS/c10-8-5-6-11-9-4-2-1-3-7(8)9/h1-3H,5-6H2. The molecule has 1 aliphatic rings. The van der Waals surface area contributed by atoms with Crippen molar-refractivity contribution >= 4 is 17.5 Å². The molecule has 0 bridgehead atoms. The van der Waals surface area contributed by atoms with E-state index in [0.717, 1.165) is 16.2 Å². The highest BCUT2D eigenvalue weighted by atomic mass is 32.2. The van der Waals surface area contributed by atoms with E-state index in [4.69, 9.17) is 0 Å². The molecule has 1 aliphatic heterocycles. The molecule has 0 N–H and O–H groups in total. The number of hydrogen-bond acceptors (Lipinski definition) is 2. The van der Waals surface area contributed by atoms with Crippen LogP contribution in [0.25, 0.3) is 0 Å². The molecule has 11 heavy (non-hydrogen) atoms. The average molecular weight is 163 g/mol. The monoisotopic (exact) mass is 163 g/mol. The maximum Gasteiger partial charge on any atom is 0.164 e. The molecular weight excluding hydrogens is 156 g/mol. The molecule has 0 spiro atoms. The lowest BCUT2D eigenvalue weighted by Crippen LogP contribution is -2.07. The molecule has 2 rings (SSSR count). The van der Waals surface area contributed by atoms with Crippen molar-refractivity contribution in [3.8, 4) is 0 Å². The zero-order valence-corrected chi connectivity index (χ0v) is 6.78. The summed E-state index contributed by atoms with van der Waals surface area (Å²) in [7, 11) is 0. The Morgan fingerprint density at radius 2 is 2.45 bits per heavy atom. The van der Waals surface area contributed by atoms with E-state index in [0.29, 0.717) is 6.42 Å². The summed E-state index contributed by atoms with van der Waals surface area (Å²) >= 11 is 1.72. The van der Waals surface area contributed by atoms with E-state index in [1.807, 2.05) is 18.2 Å². The van der Waals surface area contributed by atoms with Gasteiger partial charge >= 0.3 is 0 Å². The number of hydrogen-bond donors (Lipinski definition) is 0. The predicted molar refractivity (Wildman–Crippen MR) is 44.9 cm³/mol. The SMILES string of the molecule is O=C1CCSc2[c]cccc21. The molecule has 0 saturated carbocycles. The van der Waals surface area contributed by atoms with Crippen LogP contribution in [0.2, 0.25) is 0 Å². The minimum Gasteiger partial charge on any atom is -0.294 e. The smallest absolute Gasteiger partial charge is 0.164 e. The van der Waals surface area contributed by atoms with Gasteiger partial charge in [-0.2, -0.15) is 0 Å². The van der Waals surface area contributed by atoms with Crippen LogP contribution >= 0.6 is 11.8 Å². The van der Waals surface area contributed by atoms with Crippen molar-refractivity contribution < 1.29 is 4.79 Å². The molecule has 0 unspecified atom stereocenters. The number of Topliss-reactive ketones (excluding diaryl/α,β-unsaturated/α-hetero) is 1. The Balaban J connectivity index is 2.52. The fourth-order valence-corrected chi connectivity index (χ4v) is 2.12. The van der Waals surface area contributed by atoms with Gasteiger partial charge in [0.25, 0.3) is 0 Å². The molecule has 1 aromatic rings. The first-order valence-corrected chi connectivity index (χ1v) is 4.53. The highest BCUT2D eigenvalue weighted by Crippen LogP contribution is 2.28. The minimum atomic E-state index is 0.260. The molecule has 0 aromatic heterocycles. The Bertz CT molecular complexity index is 293. The number of fused-ring (bicyclic) bond motifs is 1. The van der Waals surface area contributed by atoms with Gasteiger partial charge in [-0.15, -0.1) is 11.8 Å². The first-order chi connectivity index (χ1) is 5.38. The van der Waals surface area contributed by atoms with Gasteiger partial charge in [0.1, 0.15) is 0 Å². The van der Waals surface area contributed by atoms with Gasteiger partial charge < -0.3 is 0 Å².